The van der Waals surface area contributed by atoms with Crippen molar-refractivity contribution < 1.29 is 4.74 Å². The number of benzene rings is 3. The molecule has 6 heteroatoms. The predicted molar refractivity (Wildman–Crippen MR) is 114 cm³/mol. The minimum Gasteiger partial charge on any atom is -0.496 e. The molecule has 0 N–H and O–H groups in total. The highest BCUT2D eigenvalue weighted by atomic mass is 32.2. The summed E-state index contributed by atoms with van der Waals surface area (Å²) in [5.74, 6) is 2.16. The van der Waals surface area contributed by atoms with Gasteiger partial charge in [-0.25, -0.2) is 0 Å². The Morgan fingerprint density at radius 2 is 1.76 bits per heavy atom. The molecular weight excluding hydrogens is 380 g/mol. The lowest BCUT2D eigenvalue weighted by Gasteiger charge is -2.12. The molecule has 0 aliphatic heterocycles. The van der Waals surface area contributed by atoms with Crippen molar-refractivity contribution in [3.63, 3.8) is 0 Å². The zero-order chi connectivity index (χ0) is 20.1. The molecule has 0 spiro atoms. The molecule has 142 valence electrons. The summed E-state index contributed by atoms with van der Waals surface area (Å²) in [4.78, 5) is 0. The Labute approximate surface area is 173 Å². The van der Waals surface area contributed by atoms with Gasteiger partial charge in [-0.3, -0.25) is 4.57 Å². The Morgan fingerprint density at radius 3 is 2.55 bits per heavy atom. The first-order valence-corrected chi connectivity index (χ1v) is 10.0. The quantitative estimate of drug-likeness (QED) is 0.423. The van der Waals surface area contributed by atoms with Gasteiger partial charge in [-0.05, 0) is 42.0 Å². The predicted octanol–water partition coefficient (Wildman–Crippen LogP) is 5.11. The van der Waals surface area contributed by atoms with Crippen molar-refractivity contribution in [2.45, 2.75) is 10.9 Å². The van der Waals surface area contributed by atoms with Gasteiger partial charge in [0.1, 0.15) is 5.75 Å². The monoisotopic (exact) mass is 398 g/mol. The Bertz CT molecular complexity index is 1160. The molecular formula is C23H18N4OS. The van der Waals surface area contributed by atoms with E-state index in [9.17, 15) is 0 Å². The maximum absolute atomic E-state index is 9.12. The molecule has 0 amide bonds. The average Bonchev–Trinajstić information content (AvgIpc) is 3.22. The third-order valence-corrected chi connectivity index (χ3v) is 5.42. The molecule has 1 aromatic heterocycles. The first-order chi connectivity index (χ1) is 14.3. The Hall–Kier alpha value is -3.56. The fourth-order valence-corrected chi connectivity index (χ4v) is 3.95. The first kappa shape index (κ1) is 18.8. The topological polar surface area (TPSA) is 63.7 Å². The lowest BCUT2D eigenvalue weighted by Crippen LogP contribution is -2.00. The van der Waals surface area contributed by atoms with E-state index in [0.29, 0.717) is 11.3 Å². The molecule has 4 rings (SSSR count). The second-order valence-corrected chi connectivity index (χ2v) is 7.22. The maximum Gasteiger partial charge on any atom is 0.196 e. The van der Waals surface area contributed by atoms with Crippen LogP contribution in [0, 0.1) is 11.3 Å². The summed E-state index contributed by atoms with van der Waals surface area (Å²) in [6.45, 7) is 0. The number of nitrogens with zero attached hydrogens (tertiary/aromatic N) is 4. The minimum atomic E-state index is 0.655. The summed E-state index contributed by atoms with van der Waals surface area (Å²) in [7, 11) is 1.65. The van der Waals surface area contributed by atoms with Crippen LogP contribution in [-0.4, -0.2) is 21.9 Å². The van der Waals surface area contributed by atoms with Crippen molar-refractivity contribution in [2.24, 2.45) is 0 Å². The normalized spacial score (nSPS) is 10.5. The number of hydrogen-bond acceptors (Lipinski definition) is 5. The van der Waals surface area contributed by atoms with Crippen LogP contribution in [0.4, 0.5) is 0 Å². The van der Waals surface area contributed by atoms with Crippen LogP contribution >= 0.6 is 11.8 Å². The van der Waals surface area contributed by atoms with Crippen LogP contribution in [0.15, 0.2) is 84.0 Å². The number of hydrogen-bond donors (Lipinski definition) is 0. The van der Waals surface area contributed by atoms with Gasteiger partial charge in [0.15, 0.2) is 11.0 Å². The molecule has 29 heavy (non-hydrogen) atoms. The van der Waals surface area contributed by atoms with E-state index in [1.54, 1.807) is 24.9 Å². The molecule has 0 aliphatic rings. The summed E-state index contributed by atoms with van der Waals surface area (Å²) in [5.41, 5.74) is 3.58. The number of rotatable bonds is 6. The third kappa shape index (κ3) is 4.00. The third-order valence-electron chi connectivity index (χ3n) is 4.42. The first-order valence-electron chi connectivity index (χ1n) is 9.06. The molecule has 0 saturated carbocycles. The van der Waals surface area contributed by atoms with Crippen LogP contribution in [0.2, 0.25) is 0 Å². The van der Waals surface area contributed by atoms with E-state index in [4.69, 9.17) is 10.00 Å². The summed E-state index contributed by atoms with van der Waals surface area (Å²) in [5, 5.41) is 18.8. The van der Waals surface area contributed by atoms with Crippen LogP contribution < -0.4 is 4.74 Å². The standard InChI is InChI=1S/C23H18N4OS/c1-28-21-13-6-5-12-20(21)22-25-26-23(27(22)19-10-3-2-4-11-19)29-16-18-9-7-8-17(14-18)15-24/h2-14H,16H2,1H3. The molecule has 0 unspecified atom stereocenters. The van der Waals surface area contributed by atoms with Crippen molar-refractivity contribution in [3.8, 4) is 28.9 Å². The second kappa shape index (κ2) is 8.63. The minimum absolute atomic E-state index is 0.655. The van der Waals surface area contributed by atoms with Gasteiger partial charge in [-0.15, -0.1) is 10.2 Å². The molecule has 1 heterocycles. The summed E-state index contributed by atoms with van der Waals surface area (Å²) in [6.07, 6.45) is 0. The van der Waals surface area contributed by atoms with Gasteiger partial charge in [0.25, 0.3) is 0 Å². The van der Waals surface area contributed by atoms with Gasteiger partial charge in [0, 0.05) is 11.4 Å². The van der Waals surface area contributed by atoms with Crippen LogP contribution in [0.3, 0.4) is 0 Å². The van der Waals surface area contributed by atoms with Crippen molar-refractivity contribution in [1.82, 2.24) is 14.8 Å². The van der Waals surface area contributed by atoms with Crippen LogP contribution in [-0.2, 0) is 5.75 Å². The molecule has 5 nitrogen and oxygen atoms in total. The second-order valence-electron chi connectivity index (χ2n) is 6.28. The van der Waals surface area contributed by atoms with E-state index < -0.39 is 0 Å². The van der Waals surface area contributed by atoms with Gasteiger partial charge in [-0.1, -0.05) is 54.2 Å². The molecule has 0 aliphatic carbocycles. The van der Waals surface area contributed by atoms with Crippen molar-refractivity contribution in [1.29, 1.82) is 5.26 Å². The van der Waals surface area contributed by atoms with Gasteiger partial charge < -0.3 is 4.74 Å². The zero-order valence-electron chi connectivity index (χ0n) is 15.8. The Morgan fingerprint density at radius 1 is 0.966 bits per heavy atom. The van der Waals surface area contributed by atoms with Crippen molar-refractivity contribution >= 4 is 11.8 Å². The van der Waals surface area contributed by atoms with Crippen LogP contribution in [0.1, 0.15) is 11.1 Å². The zero-order valence-corrected chi connectivity index (χ0v) is 16.6. The Balaban J connectivity index is 1.75. The molecule has 0 radical (unpaired) electrons. The Kier molecular flexibility index (Phi) is 5.59. The fourth-order valence-electron chi connectivity index (χ4n) is 3.06. The number of ether oxygens (including phenoxy) is 1. The van der Waals surface area contributed by atoms with E-state index in [-0.39, 0.29) is 0 Å². The van der Waals surface area contributed by atoms with E-state index in [1.807, 2.05) is 77.4 Å². The van der Waals surface area contributed by atoms with Crippen LogP contribution in [0.5, 0.6) is 5.75 Å². The largest absolute Gasteiger partial charge is 0.496 e. The lowest BCUT2D eigenvalue weighted by atomic mass is 10.2. The van der Waals surface area contributed by atoms with Gasteiger partial charge >= 0.3 is 0 Å². The number of para-hydroxylation sites is 2. The summed E-state index contributed by atoms with van der Waals surface area (Å²) >= 11 is 1.58. The smallest absolute Gasteiger partial charge is 0.196 e. The maximum atomic E-state index is 9.12. The highest BCUT2D eigenvalue weighted by molar-refractivity contribution is 7.98. The van der Waals surface area contributed by atoms with Crippen molar-refractivity contribution in [3.05, 3.63) is 90.0 Å². The molecule has 0 saturated heterocycles. The fraction of sp³-hybridized carbons (Fsp3) is 0.0870. The molecule has 0 fully saturated rings. The number of nitriles is 1. The average molecular weight is 398 g/mol. The molecule has 3 aromatic carbocycles. The van der Waals surface area contributed by atoms with Gasteiger partial charge in [0.2, 0.25) is 0 Å². The lowest BCUT2D eigenvalue weighted by molar-refractivity contribution is 0.416. The van der Waals surface area contributed by atoms with Crippen LogP contribution in [0.25, 0.3) is 17.1 Å². The van der Waals surface area contributed by atoms with E-state index in [0.717, 1.165) is 33.5 Å². The molecule has 0 atom stereocenters. The van der Waals surface area contributed by atoms with E-state index in [2.05, 4.69) is 16.3 Å². The van der Waals surface area contributed by atoms with E-state index in [1.165, 1.54) is 0 Å². The van der Waals surface area contributed by atoms with Crippen molar-refractivity contribution in [2.75, 3.05) is 7.11 Å². The van der Waals surface area contributed by atoms with Gasteiger partial charge in [-0.2, -0.15) is 5.26 Å². The number of methoxy groups -OCH3 is 1. The number of aromatic nitrogens is 3. The van der Waals surface area contributed by atoms with Gasteiger partial charge in [0.05, 0.1) is 24.3 Å². The highest BCUT2D eigenvalue weighted by Gasteiger charge is 2.18. The molecule has 0 bridgehead atoms. The SMILES string of the molecule is COc1ccccc1-c1nnc(SCc2cccc(C#N)c2)n1-c1ccccc1. The molecule has 4 aromatic rings. The summed E-state index contributed by atoms with van der Waals surface area (Å²) < 4.78 is 7.57. The van der Waals surface area contributed by atoms with E-state index >= 15 is 0 Å². The summed E-state index contributed by atoms with van der Waals surface area (Å²) in [6, 6.07) is 27.6. The number of thioether (sulfide) groups is 1. The highest BCUT2D eigenvalue weighted by Crippen LogP contribution is 2.34.